The van der Waals surface area contributed by atoms with Gasteiger partial charge in [-0.15, -0.1) is 0 Å². The summed E-state index contributed by atoms with van der Waals surface area (Å²) in [5, 5.41) is 0. The topological polar surface area (TPSA) is 48.0 Å². The molecule has 0 bridgehead atoms. The molecule has 0 saturated carbocycles. The minimum Gasteiger partial charge on any atom is -0.497 e. The van der Waals surface area contributed by atoms with Crippen LogP contribution in [0.5, 0.6) is 11.5 Å². The normalized spacial score (nSPS) is 10.7. The summed E-state index contributed by atoms with van der Waals surface area (Å²) in [5.41, 5.74) is 1.91. The van der Waals surface area contributed by atoms with E-state index in [4.69, 9.17) is 14.2 Å². The molecule has 26 heavy (non-hydrogen) atoms. The van der Waals surface area contributed by atoms with Gasteiger partial charge in [-0.2, -0.15) is 0 Å². The number of hydrogen-bond acceptors (Lipinski definition) is 4. The van der Waals surface area contributed by atoms with Gasteiger partial charge in [0.05, 0.1) is 20.8 Å². The van der Waals surface area contributed by atoms with Gasteiger partial charge in [-0.25, -0.2) is 0 Å². The molecule has 0 unspecified atom stereocenters. The minimum atomic E-state index is -0.0762. The molecule has 0 aromatic heterocycles. The number of carbonyl (C=O) groups is 1. The van der Waals surface area contributed by atoms with Crippen LogP contribution in [0.15, 0.2) is 54.6 Å². The van der Waals surface area contributed by atoms with Crippen LogP contribution in [0.1, 0.15) is 11.1 Å². The predicted octanol–water partition coefficient (Wildman–Crippen LogP) is 3.39. The molecule has 2 aromatic carbocycles. The Morgan fingerprint density at radius 1 is 1.00 bits per heavy atom. The lowest BCUT2D eigenvalue weighted by Crippen LogP contribution is -2.32. The van der Waals surface area contributed by atoms with Gasteiger partial charge >= 0.3 is 0 Å². The average Bonchev–Trinajstić information content (AvgIpc) is 2.69. The van der Waals surface area contributed by atoms with Gasteiger partial charge in [0.15, 0.2) is 0 Å². The molecule has 0 aliphatic heterocycles. The quantitative estimate of drug-likeness (QED) is 0.647. The fourth-order valence-corrected chi connectivity index (χ4v) is 2.47. The lowest BCUT2D eigenvalue weighted by Gasteiger charge is -2.21. The summed E-state index contributed by atoms with van der Waals surface area (Å²) in [6.07, 6.45) is 3.32. The van der Waals surface area contributed by atoms with Gasteiger partial charge in [-0.3, -0.25) is 4.79 Å². The lowest BCUT2D eigenvalue weighted by atomic mass is 10.1. The van der Waals surface area contributed by atoms with Crippen LogP contribution < -0.4 is 9.47 Å². The molecule has 0 N–H and O–H groups in total. The van der Waals surface area contributed by atoms with Crippen molar-refractivity contribution in [2.45, 2.75) is 6.54 Å². The zero-order valence-corrected chi connectivity index (χ0v) is 15.5. The number of carbonyl (C=O) groups excluding carboxylic acids is 1. The maximum atomic E-state index is 12.7. The van der Waals surface area contributed by atoms with E-state index in [-0.39, 0.29) is 5.91 Å². The second-order valence-electron chi connectivity index (χ2n) is 5.72. The molecule has 0 heterocycles. The largest absolute Gasteiger partial charge is 0.497 e. The zero-order chi connectivity index (χ0) is 18.8. The predicted molar refractivity (Wildman–Crippen MR) is 102 cm³/mol. The number of hydrogen-bond donors (Lipinski definition) is 0. The van der Waals surface area contributed by atoms with Crippen molar-refractivity contribution in [3.8, 4) is 11.5 Å². The van der Waals surface area contributed by atoms with Gasteiger partial charge in [-0.1, -0.05) is 30.3 Å². The summed E-state index contributed by atoms with van der Waals surface area (Å²) >= 11 is 0. The highest BCUT2D eigenvalue weighted by Crippen LogP contribution is 2.23. The third kappa shape index (κ3) is 5.93. The molecule has 5 heteroatoms. The Kier molecular flexibility index (Phi) is 7.71. The number of ether oxygens (including phenoxy) is 3. The summed E-state index contributed by atoms with van der Waals surface area (Å²) in [5.74, 6) is 1.28. The number of benzene rings is 2. The summed E-state index contributed by atoms with van der Waals surface area (Å²) in [7, 11) is 4.82. The Morgan fingerprint density at radius 3 is 2.23 bits per heavy atom. The molecule has 0 aliphatic carbocycles. The number of nitrogens with zero attached hydrogens (tertiary/aromatic N) is 1. The Bertz CT molecular complexity index is 706. The van der Waals surface area contributed by atoms with Crippen LogP contribution in [0, 0.1) is 0 Å². The van der Waals surface area contributed by atoms with E-state index < -0.39 is 0 Å². The van der Waals surface area contributed by atoms with Crippen molar-refractivity contribution < 1.29 is 19.0 Å². The molecular formula is C21H25NO4. The molecule has 5 nitrogen and oxygen atoms in total. The van der Waals surface area contributed by atoms with E-state index in [1.165, 1.54) is 0 Å². The van der Waals surface area contributed by atoms with Crippen LogP contribution in [0.2, 0.25) is 0 Å². The van der Waals surface area contributed by atoms with Crippen LogP contribution in [0.25, 0.3) is 6.08 Å². The molecule has 2 aromatic rings. The van der Waals surface area contributed by atoms with Gasteiger partial charge in [0.25, 0.3) is 0 Å². The van der Waals surface area contributed by atoms with Crippen molar-refractivity contribution in [1.29, 1.82) is 0 Å². The summed E-state index contributed by atoms with van der Waals surface area (Å²) < 4.78 is 15.6. The Labute approximate surface area is 154 Å². The summed E-state index contributed by atoms with van der Waals surface area (Å²) in [6, 6.07) is 15.4. The Hall–Kier alpha value is -2.79. The lowest BCUT2D eigenvalue weighted by molar-refractivity contribution is -0.127. The van der Waals surface area contributed by atoms with E-state index >= 15 is 0 Å². The van der Waals surface area contributed by atoms with Crippen LogP contribution in [-0.2, 0) is 16.1 Å². The smallest absolute Gasteiger partial charge is 0.246 e. The van der Waals surface area contributed by atoms with Crippen LogP contribution in [-0.4, -0.2) is 45.3 Å². The first-order chi connectivity index (χ1) is 12.7. The fourth-order valence-electron chi connectivity index (χ4n) is 2.47. The SMILES string of the molecule is COCCN(Cc1ccccc1)C(=O)/C=C/c1cc(OC)cc(OC)c1. The van der Waals surface area contributed by atoms with E-state index in [9.17, 15) is 4.79 Å². The van der Waals surface area contributed by atoms with Crippen molar-refractivity contribution in [2.24, 2.45) is 0 Å². The molecule has 1 amide bonds. The Morgan fingerprint density at radius 2 is 1.65 bits per heavy atom. The van der Waals surface area contributed by atoms with Crippen molar-refractivity contribution in [1.82, 2.24) is 4.90 Å². The van der Waals surface area contributed by atoms with Crippen LogP contribution >= 0.6 is 0 Å². The molecular weight excluding hydrogens is 330 g/mol. The van der Waals surface area contributed by atoms with E-state index in [0.717, 1.165) is 11.1 Å². The molecule has 0 saturated heterocycles. The van der Waals surface area contributed by atoms with Gasteiger partial charge in [-0.05, 0) is 29.3 Å². The van der Waals surface area contributed by atoms with E-state index in [0.29, 0.717) is 31.2 Å². The third-order valence-electron chi connectivity index (χ3n) is 3.89. The third-order valence-corrected chi connectivity index (χ3v) is 3.89. The van der Waals surface area contributed by atoms with Gasteiger partial charge < -0.3 is 19.1 Å². The minimum absolute atomic E-state index is 0.0762. The molecule has 0 radical (unpaired) electrons. The number of rotatable bonds is 9. The monoisotopic (exact) mass is 355 g/mol. The number of methoxy groups -OCH3 is 3. The van der Waals surface area contributed by atoms with Crippen LogP contribution in [0.3, 0.4) is 0 Å². The molecule has 0 spiro atoms. The van der Waals surface area contributed by atoms with Gasteiger partial charge in [0.1, 0.15) is 11.5 Å². The first-order valence-electron chi connectivity index (χ1n) is 8.39. The molecule has 138 valence electrons. The van der Waals surface area contributed by atoms with Gasteiger partial charge in [0, 0.05) is 32.3 Å². The zero-order valence-electron chi connectivity index (χ0n) is 15.5. The summed E-state index contributed by atoms with van der Waals surface area (Å²) in [6.45, 7) is 1.55. The fraction of sp³-hybridized carbons (Fsp3) is 0.286. The molecule has 2 rings (SSSR count). The average molecular weight is 355 g/mol. The van der Waals surface area contributed by atoms with Crippen molar-refractivity contribution in [3.63, 3.8) is 0 Å². The van der Waals surface area contributed by atoms with Crippen molar-refractivity contribution in [3.05, 3.63) is 65.7 Å². The highest BCUT2D eigenvalue weighted by Gasteiger charge is 2.11. The van der Waals surface area contributed by atoms with E-state index in [1.807, 2.05) is 42.5 Å². The standard InChI is InChI=1S/C21H25NO4/c1-24-12-11-22(16-17-7-5-4-6-8-17)21(23)10-9-18-13-19(25-2)15-20(14-18)26-3/h4-10,13-15H,11-12,16H2,1-3H3/b10-9+. The maximum Gasteiger partial charge on any atom is 0.246 e. The van der Waals surface area contributed by atoms with Crippen molar-refractivity contribution in [2.75, 3.05) is 34.5 Å². The summed E-state index contributed by atoms with van der Waals surface area (Å²) in [4.78, 5) is 14.4. The Balaban J connectivity index is 2.13. The molecule has 0 atom stereocenters. The highest BCUT2D eigenvalue weighted by atomic mass is 16.5. The second-order valence-corrected chi connectivity index (χ2v) is 5.72. The first-order valence-corrected chi connectivity index (χ1v) is 8.39. The van der Waals surface area contributed by atoms with E-state index in [1.54, 1.807) is 44.4 Å². The molecule has 0 fully saturated rings. The molecule has 0 aliphatic rings. The van der Waals surface area contributed by atoms with Crippen molar-refractivity contribution >= 4 is 12.0 Å². The first kappa shape index (κ1) is 19.5. The number of amides is 1. The highest BCUT2D eigenvalue weighted by molar-refractivity contribution is 5.91. The van der Waals surface area contributed by atoms with Gasteiger partial charge in [0.2, 0.25) is 5.91 Å². The van der Waals surface area contributed by atoms with E-state index in [2.05, 4.69) is 0 Å². The maximum absolute atomic E-state index is 12.7. The van der Waals surface area contributed by atoms with Crippen LogP contribution in [0.4, 0.5) is 0 Å². The second kappa shape index (κ2) is 10.3.